The van der Waals surface area contributed by atoms with Crippen molar-refractivity contribution < 1.29 is 22.7 Å². The van der Waals surface area contributed by atoms with E-state index in [0.717, 1.165) is 16.8 Å². The van der Waals surface area contributed by atoms with Crippen LogP contribution >= 0.6 is 0 Å². The van der Waals surface area contributed by atoms with Crippen LogP contribution in [0.4, 0.5) is 13.2 Å². The molecule has 0 N–H and O–H groups in total. The van der Waals surface area contributed by atoms with Crippen LogP contribution in [-0.2, 0) is 9.53 Å². The lowest BCUT2D eigenvalue weighted by Gasteiger charge is -2.10. The highest BCUT2D eigenvalue weighted by atomic mass is 19.4. The number of hydrogen-bond acceptors (Lipinski definition) is 2. The minimum Gasteiger partial charge on any atom is -0.462 e. The molecule has 0 unspecified atom stereocenters. The number of halogens is 3. The Morgan fingerprint density at radius 3 is 2.43 bits per heavy atom. The molecule has 110 valence electrons. The first-order chi connectivity index (χ1) is 9.91. The minimum atomic E-state index is -4.75. The standard InChI is InChI=1S/C16H13F3O2/c1-2-21-15(20)14(16(17,18)19)10-11-7-8-12-5-3-4-6-13(12)9-11/h3-10H,2H2,1H3. The van der Waals surface area contributed by atoms with E-state index in [4.69, 9.17) is 0 Å². The molecule has 21 heavy (non-hydrogen) atoms. The molecule has 0 saturated carbocycles. The molecule has 0 saturated heterocycles. The van der Waals surface area contributed by atoms with Crippen LogP contribution in [0, 0.1) is 0 Å². The Hall–Kier alpha value is -2.30. The third kappa shape index (κ3) is 3.62. The first kappa shape index (κ1) is 15.1. The van der Waals surface area contributed by atoms with Gasteiger partial charge in [-0.2, -0.15) is 13.2 Å². The molecule has 0 aliphatic rings. The van der Waals surface area contributed by atoms with E-state index >= 15 is 0 Å². The van der Waals surface area contributed by atoms with Gasteiger partial charge in [0.25, 0.3) is 0 Å². The molecule has 0 aliphatic heterocycles. The number of rotatable bonds is 3. The summed E-state index contributed by atoms with van der Waals surface area (Å²) in [5, 5.41) is 1.72. The number of ether oxygens (including phenoxy) is 1. The fraction of sp³-hybridized carbons (Fsp3) is 0.188. The summed E-state index contributed by atoms with van der Waals surface area (Å²) < 4.78 is 43.2. The van der Waals surface area contributed by atoms with Gasteiger partial charge in [-0.25, -0.2) is 4.79 Å². The zero-order valence-electron chi connectivity index (χ0n) is 11.3. The fourth-order valence-electron chi connectivity index (χ4n) is 1.93. The van der Waals surface area contributed by atoms with Gasteiger partial charge in [0, 0.05) is 0 Å². The number of carbonyl (C=O) groups is 1. The first-order valence-electron chi connectivity index (χ1n) is 6.36. The molecule has 0 heterocycles. The summed E-state index contributed by atoms with van der Waals surface area (Å²) >= 11 is 0. The maximum atomic E-state index is 12.9. The third-order valence-corrected chi connectivity index (χ3v) is 2.89. The van der Waals surface area contributed by atoms with Gasteiger partial charge in [-0.05, 0) is 35.4 Å². The third-order valence-electron chi connectivity index (χ3n) is 2.89. The van der Waals surface area contributed by atoms with Crippen LogP contribution in [0.2, 0.25) is 0 Å². The lowest BCUT2D eigenvalue weighted by Crippen LogP contribution is -2.22. The number of esters is 1. The average Bonchev–Trinajstić information content (AvgIpc) is 2.43. The maximum Gasteiger partial charge on any atom is 0.423 e. The second-order valence-electron chi connectivity index (χ2n) is 4.38. The van der Waals surface area contributed by atoms with Crippen molar-refractivity contribution in [3.05, 3.63) is 53.6 Å². The normalized spacial score (nSPS) is 12.5. The quantitative estimate of drug-likeness (QED) is 0.621. The molecular weight excluding hydrogens is 281 g/mol. The fourth-order valence-corrected chi connectivity index (χ4v) is 1.93. The minimum absolute atomic E-state index is 0.107. The molecule has 0 amide bonds. The molecule has 2 rings (SSSR count). The second kappa shape index (κ2) is 5.99. The summed E-state index contributed by atoms with van der Waals surface area (Å²) in [6.07, 6.45) is -3.94. The van der Waals surface area contributed by atoms with Crippen molar-refractivity contribution >= 4 is 22.8 Å². The highest BCUT2D eigenvalue weighted by Gasteiger charge is 2.39. The maximum absolute atomic E-state index is 12.9. The van der Waals surface area contributed by atoms with E-state index in [9.17, 15) is 18.0 Å². The molecule has 0 aliphatic carbocycles. The Morgan fingerprint density at radius 2 is 1.81 bits per heavy atom. The van der Waals surface area contributed by atoms with Crippen molar-refractivity contribution in [3.63, 3.8) is 0 Å². The molecule has 0 atom stereocenters. The number of carbonyl (C=O) groups excluding carboxylic acids is 1. The average molecular weight is 294 g/mol. The summed E-state index contributed by atoms with van der Waals surface area (Å²) in [7, 11) is 0. The van der Waals surface area contributed by atoms with Crippen LogP contribution < -0.4 is 0 Å². The molecule has 2 nitrogen and oxygen atoms in total. The Labute approximate surface area is 119 Å². The Morgan fingerprint density at radius 1 is 1.14 bits per heavy atom. The van der Waals surface area contributed by atoms with E-state index in [1.54, 1.807) is 24.3 Å². The smallest absolute Gasteiger partial charge is 0.423 e. The lowest BCUT2D eigenvalue weighted by molar-refractivity contribution is -0.149. The van der Waals surface area contributed by atoms with Crippen molar-refractivity contribution in [3.8, 4) is 0 Å². The van der Waals surface area contributed by atoms with E-state index < -0.39 is 17.7 Å². The highest BCUT2D eigenvalue weighted by molar-refractivity contribution is 5.96. The summed E-state index contributed by atoms with van der Waals surface area (Å²) in [6.45, 7) is 1.35. The van der Waals surface area contributed by atoms with Gasteiger partial charge in [0.1, 0.15) is 5.57 Å². The predicted molar refractivity (Wildman–Crippen MR) is 74.6 cm³/mol. The van der Waals surface area contributed by atoms with Crippen molar-refractivity contribution in [2.75, 3.05) is 6.61 Å². The Balaban J connectivity index is 2.46. The number of fused-ring (bicyclic) bond motifs is 1. The predicted octanol–water partition coefficient (Wildman–Crippen LogP) is 4.35. The molecule has 0 radical (unpaired) electrons. The van der Waals surface area contributed by atoms with E-state index in [2.05, 4.69) is 4.74 Å². The molecule has 0 spiro atoms. The van der Waals surface area contributed by atoms with Gasteiger partial charge in [-0.1, -0.05) is 36.4 Å². The van der Waals surface area contributed by atoms with Crippen LogP contribution in [0.25, 0.3) is 16.8 Å². The monoisotopic (exact) mass is 294 g/mol. The molecule has 0 bridgehead atoms. The van der Waals surface area contributed by atoms with Gasteiger partial charge >= 0.3 is 12.1 Å². The zero-order valence-corrected chi connectivity index (χ0v) is 11.3. The molecular formula is C16H13F3O2. The van der Waals surface area contributed by atoms with Crippen LogP contribution in [0.1, 0.15) is 12.5 Å². The van der Waals surface area contributed by atoms with Crippen molar-refractivity contribution in [1.82, 2.24) is 0 Å². The van der Waals surface area contributed by atoms with Gasteiger partial charge in [0.2, 0.25) is 0 Å². The summed E-state index contributed by atoms with van der Waals surface area (Å²) in [5.74, 6) is -1.36. The number of benzene rings is 2. The van der Waals surface area contributed by atoms with Crippen LogP contribution in [-0.4, -0.2) is 18.8 Å². The van der Waals surface area contributed by atoms with Gasteiger partial charge in [0.05, 0.1) is 6.61 Å². The molecule has 2 aromatic carbocycles. The molecule has 0 fully saturated rings. The van der Waals surface area contributed by atoms with Gasteiger partial charge in [0.15, 0.2) is 0 Å². The molecule has 2 aromatic rings. The van der Waals surface area contributed by atoms with E-state index in [-0.39, 0.29) is 6.61 Å². The SMILES string of the molecule is CCOC(=O)C(=Cc1ccc2ccccc2c1)C(F)(F)F. The van der Waals surface area contributed by atoms with E-state index in [1.165, 1.54) is 13.0 Å². The molecule has 0 aromatic heterocycles. The summed E-state index contributed by atoms with van der Waals surface area (Å²) in [6, 6.07) is 12.1. The summed E-state index contributed by atoms with van der Waals surface area (Å²) in [5.41, 5.74) is -1.01. The largest absolute Gasteiger partial charge is 0.462 e. The first-order valence-corrected chi connectivity index (χ1v) is 6.36. The number of alkyl halides is 3. The Bertz CT molecular complexity index is 687. The van der Waals surface area contributed by atoms with E-state index in [0.29, 0.717) is 5.56 Å². The second-order valence-corrected chi connectivity index (χ2v) is 4.38. The van der Waals surface area contributed by atoms with Gasteiger partial charge in [-0.3, -0.25) is 0 Å². The molecule has 5 heteroatoms. The van der Waals surface area contributed by atoms with E-state index in [1.807, 2.05) is 12.1 Å². The van der Waals surface area contributed by atoms with Crippen molar-refractivity contribution in [1.29, 1.82) is 0 Å². The summed E-state index contributed by atoms with van der Waals surface area (Å²) in [4.78, 5) is 11.4. The van der Waals surface area contributed by atoms with Gasteiger partial charge < -0.3 is 4.74 Å². The number of hydrogen-bond donors (Lipinski definition) is 0. The highest BCUT2D eigenvalue weighted by Crippen LogP contribution is 2.29. The zero-order chi connectivity index (χ0) is 15.5. The van der Waals surface area contributed by atoms with Gasteiger partial charge in [-0.15, -0.1) is 0 Å². The van der Waals surface area contributed by atoms with Crippen LogP contribution in [0.15, 0.2) is 48.0 Å². The lowest BCUT2D eigenvalue weighted by atomic mass is 10.0. The Kier molecular flexibility index (Phi) is 4.31. The van der Waals surface area contributed by atoms with Crippen molar-refractivity contribution in [2.24, 2.45) is 0 Å². The van der Waals surface area contributed by atoms with Crippen LogP contribution in [0.3, 0.4) is 0 Å². The van der Waals surface area contributed by atoms with Crippen LogP contribution in [0.5, 0.6) is 0 Å². The van der Waals surface area contributed by atoms with Crippen molar-refractivity contribution in [2.45, 2.75) is 13.1 Å². The topological polar surface area (TPSA) is 26.3 Å².